The second-order valence-electron chi connectivity index (χ2n) is 11.7. The minimum atomic E-state index is 0.537. The molecular weight excluding hydrogens is 264 g/mol. The van der Waals surface area contributed by atoms with Crippen LogP contribution in [0.15, 0.2) is 0 Å². The van der Waals surface area contributed by atoms with Crippen LogP contribution in [0.2, 0.25) is 0 Å². The first-order chi connectivity index (χ1) is 9.94. The van der Waals surface area contributed by atoms with Gasteiger partial charge in [0, 0.05) is 0 Å². The van der Waals surface area contributed by atoms with E-state index in [0.29, 0.717) is 16.2 Å². The van der Waals surface area contributed by atoms with Crippen LogP contribution in [0.1, 0.15) is 106 Å². The molecular formula is C22H42. The second kappa shape index (κ2) is 6.48. The molecule has 0 heterocycles. The van der Waals surface area contributed by atoms with Crippen LogP contribution in [0, 0.1) is 34.0 Å². The second-order valence-corrected chi connectivity index (χ2v) is 11.7. The molecule has 0 aliphatic heterocycles. The van der Waals surface area contributed by atoms with Crippen molar-refractivity contribution >= 4 is 0 Å². The Morgan fingerprint density at radius 3 is 1.55 bits per heavy atom. The first kappa shape index (κ1) is 18.3. The highest BCUT2D eigenvalue weighted by atomic mass is 14.4. The Morgan fingerprint density at radius 2 is 1.27 bits per heavy atom. The smallest absolute Gasteiger partial charge is 0.0321 e. The van der Waals surface area contributed by atoms with E-state index in [0.717, 1.165) is 17.8 Å². The summed E-state index contributed by atoms with van der Waals surface area (Å²) < 4.78 is 0. The van der Waals surface area contributed by atoms with Gasteiger partial charge in [0.25, 0.3) is 0 Å². The van der Waals surface area contributed by atoms with Crippen molar-refractivity contribution in [2.24, 2.45) is 34.0 Å². The molecule has 0 spiro atoms. The third-order valence-electron chi connectivity index (χ3n) is 6.09. The Kier molecular flexibility index (Phi) is 5.40. The molecule has 0 nitrogen and oxygen atoms in total. The summed E-state index contributed by atoms with van der Waals surface area (Å²) in [6, 6.07) is 0. The van der Waals surface area contributed by atoms with Crippen molar-refractivity contribution in [1.82, 2.24) is 0 Å². The van der Waals surface area contributed by atoms with E-state index < -0.39 is 0 Å². The average Bonchev–Trinajstić information content (AvgIpc) is 2.22. The maximum absolute atomic E-state index is 2.43. The fourth-order valence-electron chi connectivity index (χ4n) is 5.57. The summed E-state index contributed by atoms with van der Waals surface area (Å²) in [5.74, 6) is 3.34. The van der Waals surface area contributed by atoms with Crippen molar-refractivity contribution < 1.29 is 0 Å². The maximum atomic E-state index is 2.43. The van der Waals surface area contributed by atoms with E-state index in [1.807, 2.05) is 0 Å². The molecule has 130 valence electrons. The van der Waals surface area contributed by atoms with Crippen molar-refractivity contribution in [2.45, 2.75) is 106 Å². The van der Waals surface area contributed by atoms with Gasteiger partial charge in [-0.05, 0) is 85.4 Å². The van der Waals surface area contributed by atoms with Gasteiger partial charge in [0.2, 0.25) is 0 Å². The van der Waals surface area contributed by atoms with Crippen LogP contribution >= 0.6 is 0 Å². The number of hydrogen-bond donors (Lipinski definition) is 0. The van der Waals surface area contributed by atoms with Gasteiger partial charge in [-0.3, -0.25) is 0 Å². The van der Waals surface area contributed by atoms with Crippen molar-refractivity contribution in [1.29, 1.82) is 0 Å². The number of hydrogen-bond acceptors (Lipinski definition) is 0. The lowest BCUT2D eigenvalue weighted by Crippen LogP contribution is -2.35. The largest absolute Gasteiger partial charge is 0.0602 e. The fraction of sp³-hybridized carbons (Fsp3) is 1.00. The minimum Gasteiger partial charge on any atom is -0.0602 e. The van der Waals surface area contributed by atoms with Crippen LogP contribution < -0.4 is 0 Å². The predicted octanol–water partition coefficient (Wildman–Crippen LogP) is 7.47. The summed E-state index contributed by atoms with van der Waals surface area (Å²) in [7, 11) is 0. The Morgan fingerprint density at radius 1 is 0.773 bits per heavy atom. The summed E-state index contributed by atoms with van der Waals surface area (Å²) in [4.78, 5) is 0. The number of rotatable bonds is 2. The molecule has 0 aromatic carbocycles. The monoisotopic (exact) mass is 306 g/mol. The zero-order valence-electron chi connectivity index (χ0n) is 16.6. The lowest BCUT2D eigenvalue weighted by Gasteiger charge is -2.46. The molecule has 0 aromatic rings. The van der Waals surface area contributed by atoms with E-state index in [9.17, 15) is 0 Å². The van der Waals surface area contributed by atoms with Crippen LogP contribution in [0.5, 0.6) is 0 Å². The van der Waals surface area contributed by atoms with E-state index in [4.69, 9.17) is 0 Å². The van der Waals surface area contributed by atoms with Gasteiger partial charge in [-0.1, -0.05) is 54.9 Å². The molecule has 0 saturated heterocycles. The third-order valence-corrected chi connectivity index (χ3v) is 6.09. The third kappa shape index (κ3) is 5.89. The zero-order valence-corrected chi connectivity index (χ0v) is 16.6. The van der Waals surface area contributed by atoms with Crippen LogP contribution in [-0.4, -0.2) is 0 Å². The SMILES string of the molecule is CC(C)(C)CC1(C)CCC1.CC(C)(C)CC1CC2CC(C2)C1. The van der Waals surface area contributed by atoms with Gasteiger partial charge >= 0.3 is 0 Å². The summed E-state index contributed by atoms with van der Waals surface area (Å²) >= 11 is 0. The minimum absolute atomic E-state index is 0.537. The molecule has 0 unspecified atom stereocenters. The Bertz CT molecular complexity index is 331. The Labute approximate surface area is 140 Å². The van der Waals surface area contributed by atoms with Gasteiger partial charge in [-0.2, -0.15) is 0 Å². The van der Waals surface area contributed by atoms with E-state index in [1.54, 1.807) is 25.7 Å². The fourth-order valence-corrected chi connectivity index (χ4v) is 5.57. The molecule has 4 saturated carbocycles. The molecule has 2 bridgehead atoms. The molecule has 4 aliphatic rings. The highest BCUT2D eigenvalue weighted by Crippen LogP contribution is 2.50. The molecule has 4 aliphatic carbocycles. The lowest BCUT2D eigenvalue weighted by molar-refractivity contribution is 0.0484. The predicted molar refractivity (Wildman–Crippen MR) is 99.0 cm³/mol. The maximum Gasteiger partial charge on any atom is -0.0321 e. The first-order valence-corrected chi connectivity index (χ1v) is 9.94. The van der Waals surface area contributed by atoms with Crippen LogP contribution in [0.4, 0.5) is 0 Å². The molecule has 0 radical (unpaired) electrons. The van der Waals surface area contributed by atoms with Gasteiger partial charge < -0.3 is 0 Å². The average molecular weight is 307 g/mol. The Balaban J connectivity index is 0.000000164. The van der Waals surface area contributed by atoms with Gasteiger partial charge in [0.05, 0.1) is 0 Å². The van der Waals surface area contributed by atoms with E-state index in [-0.39, 0.29) is 0 Å². The van der Waals surface area contributed by atoms with Crippen LogP contribution in [0.25, 0.3) is 0 Å². The van der Waals surface area contributed by atoms with Gasteiger partial charge in [0.1, 0.15) is 0 Å². The van der Waals surface area contributed by atoms with E-state index in [2.05, 4.69) is 48.5 Å². The molecule has 22 heavy (non-hydrogen) atoms. The summed E-state index contributed by atoms with van der Waals surface area (Å²) in [6.07, 6.45) is 13.5. The van der Waals surface area contributed by atoms with E-state index >= 15 is 0 Å². The topological polar surface area (TPSA) is 0 Å². The summed E-state index contributed by atoms with van der Waals surface area (Å²) in [5.41, 5.74) is 1.81. The van der Waals surface area contributed by atoms with Crippen molar-refractivity contribution in [3.05, 3.63) is 0 Å². The normalized spacial score (nSPS) is 33.1. The van der Waals surface area contributed by atoms with Gasteiger partial charge in [-0.25, -0.2) is 0 Å². The molecule has 4 rings (SSSR count). The Hall–Kier alpha value is 0. The molecule has 0 aromatic heterocycles. The molecule has 0 amide bonds. The van der Waals surface area contributed by atoms with Crippen molar-refractivity contribution in [3.8, 4) is 0 Å². The van der Waals surface area contributed by atoms with E-state index in [1.165, 1.54) is 32.1 Å². The molecule has 0 atom stereocenters. The molecule has 4 fully saturated rings. The van der Waals surface area contributed by atoms with Crippen molar-refractivity contribution in [3.63, 3.8) is 0 Å². The van der Waals surface area contributed by atoms with Gasteiger partial charge in [0.15, 0.2) is 0 Å². The summed E-state index contributed by atoms with van der Waals surface area (Å²) in [6.45, 7) is 16.6. The van der Waals surface area contributed by atoms with Crippen molar-refractivity contribution in [2.75, 3.05) is 0 Å². The number of fused-ring (bicyclic) bond motifs is 2. The zero-order chi connectivity index (χ0) is 16.6. The summed E-state index contributed by atoms with van der Waals surface area (Å²) in [5, 5.41) is 0. The van der Waals surface area contributed by atoms with Gasteiger partial charge in [-0.15, -0.1) is 0 Å². The molecule has 0 heteroatoms. The van der Waals surface area contributed by atoms with Crippen LogP contribution in [-0.2, 0) is 0 Å². The standard InChI is InChI=1S/C12H22.C10H20/c1-12(2,3)8-11-6-9-4-10(5-9)7-11;1-9(2,3)8-10(4)6-5-7-10/h9-11H,4-8H2,1-3H3;5-8H2,1-4H3. The quantitative estimate of drug-likeness (QED) is 0.496. The highest BCUT2D eigenvalue weighted by molar-refractivity contribution is 4.90. The highest BCUT2D eigenvalue weighted by Gasteiger charge is 2.39. The van der Waals surface area contributed by atoms with Crippen LogP contribution in [0.3, 0.4) is 0 Å². The lowest BCUT2D eigenvalue weighted by atomic mass is 9.59. The molecule has 0 N–H and O–H groups in total. The first-order valence-electron chi connectivity index (χ1n) is 9.94.